The van der Waals surface area contributed by atoms with E-state index in [1.165, 1.54) is 0 Å². The summed E-state index contributed by atoms with van der Waals surface area (Å²) in [4.78, 5) is 11.9. The van der Waals surface area contributed by atoms with Crippen molar-refractivity contribution in [3.63, 3.8) is 0 Å². The van der Waals surface area contributed by atoms with E-state index >= 15 is 0 Å². The maximum absolute atomic E-state index is 11.9. The molecule has 0 saturated carbocycles. The molecular weight excluding hydrogens is 228 g/mol. The first-order valence-electron chi connectivity index (χ1n) is 6.24. The maximum atomic E-state index is 11.9. The third-order valence-electron chi connectivity index (χ3n) is 2.54. The average Bonchev–Trinajstić information content (AvgIpc) is 2.35. The molecule has 0 amide bonds. The first kappa shape index (κ1) is 14.7. The van der Waals surface area contributed by atoms with Crippen molar-refractivity contribution in [2.45, 2.75) is 40.4 Å². The van der Waals surface area contributed by atoms with Crippen molar-refractivity contribution in [3.05, 3.63) is 35.9 Å². The zero-order valence-electron chi connectivity index (χ0n) is 11.6. The topological polar surface area (TPSA) is 35.5 Å². The number of esters is 1. The number of hydrogen-bond acceptors (Lipinski definition) is 3. The van der Waals surface area contributed by atoms with E-state index < -0.39 is 5.41 Å². The predicted octanol–water partition coefficient (Wildman–Crippen LogP) is 3.18. The number of ether oxygens (including phenoxy) is 2. The van der Waals surface area contributed by atoms with Gasteiger partial charge in [0.25, 0.3) is 0 Å². The zero-order chi connectivity index (χ0) is 13.6. The van der Waals surface area contributed by atoms with Crippen molar-refractivity contribution in [1.29, 1.82) is 0 Å². The predicted molar refractivity (Wildman–Crippen MR) is 71.1 cm³/mol. The Morgan fingerprint density at radius 1 is 1.22 bits per heavy atom. The van der Waals surface area contributed by atoms with Gasteiger partial charge in [0.2, 0.25) is 0 Å². The molecule has 0 aromatic heterocycles. The standard InChI is InChI=1S/C15H22O3/c1-12(2)18-11-15(3,4)14(16)17-10-13-8-6-5-7-9-13/h5-9,12H,10-11H2,1-4H3. The minimum Gasteiger partial charge on any atom is -0.460 e. The molecule has 100 valence electrons. The Morgan fingerprint density at radius 2 is 1.83 bits per heavy atom. The summed E-state index contributed by atoms with van der Waals surface area (Å²) < 4.78 is 10.8. The van der Waals surface area contributed by atoms with Crippen LogP contribution in [0, 0.1) is 5.41 Å². The van der Waals surface area contributed by atoms with Gasteiger partial charge in [-0.05, 0) is 33.3 Å². The summed E-state index contributed by atoms with van der Waals surface area (Å²) in [5.41, 5.74) is 0.380. The molecule has 3 nitrogen and oxygen atoms in total. The Morgan fingerprint density at radius 3 is 2.39 bits per heavy atom. The van der Waals surface area contributed by atoms with Gasteiger partial charge in [0.15, 0.2) is 0 Å². The first-order valence-corrected chi connectivity index (χ1v) is 6.24. The normalized spacial score (nSPS) is 11.6. The minimum atomic E-state index is -0.612. The van der Waals surface area contributed by atoms with Gasteiger partial charge in [-0.25, -0.2) is 0 Å². The van der Waals surface area contributed by atoms with Crippen LogP contribution in [0.2, 0.25) is 0 Å². The Labute approximate surface area is 109 Å². The van der Waals surface area contributed by atoms with Crippen LogP contribution in [0.15, 0.2) is 30.3 Å². The van der Waals surface area contributed by atoms with Gasteiger partial charge in [-0.1, -0.05) is 30.3 Å². The average molecular weight is 250 g/mol. The molecule has 0 N–H and O–H groups in total. The molecule has 0 radical (unpaired) electrons. The van der Waals surface area contributed by atoms with Gasteiger partial charge >= 0.3 is 5.97 Å². The summed E-state index contributed by atoms with van der Waals surface area (Å²) >= 11 is 0. The molecule has 0 aliphatic heterocycles. The van der Waals surface area contributed by atoms with Gasteiger partial charge in [0.05, 0.1) is 18.1 Å². The van der Waals surface area contributed by atoms with Crippen LogP contribution in [-0.2, 0) is 20.9 Å². The molecule has 3 heteroatoms. The SMILES string of the molecule is CC(C)OCC(C)(C)C(=O)OCc1ccccc1. The molecule has 0 aliphatic rings. The van der Waals surface area contributed by atoms with Gasteiger partial charge in [-0.15, -0.1) is 0 Å². The lowest BCUT2D eigenvalue weighted by Crippen LogP contribution is -2.32. The van der Waals surface area contributed by atoms with Crippen LogP contribution in [0.4, 0.5) is 0 Å². The fraction of sp³-hybridized carbons (Fsp3) is 0.533. The van der Waals surface area contributed by atoms with Gasteiger partial charge in [0.1, 0.15) is 6.61 Å². The van der Waals surface area contributed by atoms with Crippen LogP contribution in [0.3, 0.4) is 0 Å². The van der Waals surface area contributed by atoms with E-state index in [9.17, 15) is 4.79 Å². The summed E-state index contributed by atoms with van der Waals surface area (Å²) in [5, 5.41) is 0. The van der Waals surface area contributed by atoms with Gasteiger partial charge in [0, 0.05) is 0 Å². The summed E-state index contributed by atoms with van der Waals surface area (Å²) in [6.45, 7) is 8.26. The lowest BCUT2D eigenvalue weighted by molar-refractivity contribution is -0.159. The lowest BCUT2D eigenvalue weighted by Gasteiger charge is -2.23. The molecule has 0 atom stereocenters. The van der Waals surface area contributed by atoms with Crippen molar-refractivity contribution >= 4 is 5.97 Å². The molecule has 0 saturated heterocycles. The van der Waals surface area contributed by atoms with E-state index in [0.717, 1.165) is 5.56 Å². The summed E-state index contributed by atoms with van der Waals surface area (Å²) in [6, 6.07) is 9.66. The second kappa shape index (κ2) is 6.55. The van der Waals surface area contributed by atoms with Crippen LogP contribution in [0.25, 0.3) is 0 Å². The fourth-order valence-electron chi connectivity index (χ4n) is 1.35. The second-order valence-electron chi connectivity index (χ2n) is 5.31. The molecule has 1 aromatic carbocycles. The van der Waals surface area contributed by atoms with Crippen molar-refractivity contribution in [2.24, 2.45) is 5.41 Å². The molecule has 0 spiro atoms. The molecule has 18 heavy (non-hydrogen) atoms. The summed E-state index contributed by atoms with van der Waals surface area (Å²) in [7, 11) is 0. The Balaban J connectivity index is 2.44. The third-order valence-corrected chi connectivity index (χ3v) is 2.54. The number of carbonyl (C=O) groups is 1. The van der Waals surface area contributed by atoms with Crippen molar-refractivity contribution in [3.8, 4) is 0 Å². The monoisotopic (exact) mass is 250 g/mol. The van der Waals surface area contributed by atoms with E-state index in [1.807, 2.05) is 58.0 Å². The van der Waals surface area contributed by atoms with E-state index in [1.54, 1.807) is 0 Å². The van der Waals surface area contributed by atoms with Crippen LogP contribution < -0.4 is 0 Å². The van der Waals surface area contributed by atoms with Crippen LogP contribution >= 0.6 is 0 Å². The summed E-state index contributed by atoms with van der Waals surface area (Å²) in [6.07, 6.45) is 0.117. The van der Waals surface area contributed by atoms with Gasteiger partial charge < -0.3 is 9.47 Å². The molecule has 1 rings (SSSR count). The molecule has 0 unspecified atom stereocenters. The smallest absolute Gasteiger partial charge is 0.314 e. The summed E-state index contributed by atoms with van der Waals surface area (Å²) in [5.74, 6) is -0.230. The van der Waals surface area contributed by atoms with E-state index in [0.29, 0.717) is 13.2 Å². The van der Waals surface area contributed by atoms with Crippen LogP contribution in [0.5, 0.6) is 0 Å². The Bertz CT molecular complexity index is 369. The number of hydrogen-bond donors (Lipinski definition) is 0. The molecule has 0 aliphatic carbocycles. The Kier molecular flexibility index (Phi) is 5.35. The van der Waals surface area contributed by atoms with Gasteiger partial charge in [-0.2, -0.15) is 0 Å². The quantitative estimate of drug-likeness (QED) is 0.727. The van der Waals surface area contributed by atoms with E-state index in [4.69, 9.17) is 9.47 Å². The fourth-order valence-corrected chi connectivity index (χ4v) is 1.35. The highest BCUT2D eigenvalue weighted by Crippen LogP contribution is 2.19. The second-order valence-corrected chi connectivity index (χ2v) is 5.31. The third kappa shape index (κ3) is 4.88. The zero-order valence-corrected chi connectivity index (χ0v) is 11.6. The molecule has 1 aromatic rings. The van der Waals surface area contributed by atoms with Crippen molar-refractivity contribution < 1.29 is 14.3 Å². The van der Waals surface area contributed by atoms with Crippen molar-refractivity contribution in [1.82, 2.24) is 0 Å². The van der Waals surface area contributed by atoms with E-state index in [2.05, 4.69) is 0 Å². The van der Waals surface area contributed by atoms with Gasteiger partial charge in [-0.3, -0.25) is 4.79 Å². The molecule has 0 fully saturated rings. The molecule has 0 bridgehead atoms. The highest BCUT2D eigenvalue weighted by molar-refractivity contribution is 5.76. The highest BCUT2D eigenvalue weighted by atomic mass is 16.5. The number of rotatable bonds is 6. The minimum absolute atomic E-state index is 0.117. The van der Waals surface area contributed by atoms with Crippen molar-refractivity contribution in [2.75, 3.05) is 6.61 Å². The molecule has 0 heterocycles. The lowest BCUT2D eigenvalue weighted by atomic mass is 9.95. The van der Waals surface area contributed by atoms with E-state index in [-0.39, 0.29) is 12.1 Å². The number of benzene rings is 1. The Hall–Kier alpha value is -1.35. The molecular formula is C15H22O3. The largest absolute Gasteiger partial charge is 0.460 e. The van der Waals surface area contributed by atoms with Crippen LogP contribution in [0.1, 0.15) is 33.3 Å². The first-order chi connectivity index (χ1) is 8.42. The van der Waals surface area contributed by atoms with Crippen LogP contribution in [-0.4, -0.2) is 18.7 Å². The highest BCUT2D eigenvalue weighted by Gasteiger charge is 2.30. The maximum Gasteiger partial charge on any atom is 0.314 e. The number of carbonyl (C=O) groups excluding carboxylic acids is 1.